The van der Waals surface area contributed by atoms with Crippen LogP contribution in [0.2, 0.25) is 0 Å². The Morgan fingerprint density at radius 3 is 2.92 bits per heavy atom. The fourth-order valence-electron chi connectivity index (χ4n) is 3.79. The Morgan fingerprint density at radius 2 is 2.21 bits per heavy atom. The SMILES string of the molecule is CC(C)(C)OC(=O)NC1CC(c2ccncc2N)OC2CCCC12. The predicted molar refractivity (Wildman–Crippen MR) is 91.4 cm³/mol. The number of anilines is 1. The second-order valence-corrected chi connectivity index (χ2v) is 7.75. The first-order valence-corrected chi connectivity index (χ1v) is 8.68. The van der Waals surface area contributed by atoms with Crippen LogP contribution in [-0.2, 0) is 9.47 Å². The molecule has 1 amide bonds. The van der Waals surface area contributed by atoms with E-state index >= 15 is 0 Å². The Morgan fingerprint density at radius 1 is 1.42 bits per heavy atom. The number of nitrogens with one attached hydrogen (secondary N) is 1. The lowest BCUT2D eigenvalue weighted by atomic mass is 9.86. The highest BCUT2D eigenvalue weighted by molar-refractivity contribution is 5.68. The molecule has 132 valence electrons. The molecule has 24 heavy (non-hydrogen) atoms. The molecule has 3 rings (SSSR count). The second-order valence-electron chi connectivity index (χ2n) is 7.75. The number of alkyl carbamates (subject to hydrolysis) is 1. The van der Waals surface area contributed by atoms with E-state index in [0.29, 0.717) is 18.0 Å². The molecule has 6 nitrogen and oxygen atoms in total. The number of carbonyl (C=O) groups excluding carboxylic acids is 1. The number of nitrogens with two attached hydrogens (primary N) is 1. The van der Waals surface area contributed by atoms with Gasteiger partial charge in [0, 0.05) is 23.7 Å². The molecule has 0 aromatic carbocycles. The maximum atomic E-state index is 12.2. The van der Waals surface area contributed by atoms with Gasteiger partial charge in [-0.15, -0.1) is 0 Å². The average Bonchev–Trinajstić information content (AvgIpc) is 2.94. The maximum absolute atomic E-state index is 12.2. The van der Waals surface area contributed by atoms with Crippen LogP contribution in [0.4, 0.5) is 10.5 Å². The second kappa shape index (κ2) is 6.59. The molecule has 1 aromatic heterocycles. The molecule has 2 fully saturated rings. The molecule has 0 bridgehead atoms. The molecule has 0 spiro atoms. The van der Waals surface area contributed by atoms with Gasteiger partial charge in [-0.1, -0.05) is 6.42 Å². The van der Waals surface area contributed by atoms with Crippen LogP contribution in [0.5, 0.6) is 0 Å². The average molecular weight is 333 g/mol. The molecule has 1 aliphatic heterocycles. The zero-order valence-electron chi connectivity index (χ0n) is 14.6. The van der Waals surface area contributed by atoms with Crippen LogP contribution < -0.4 is 11.1 Å². The topological polar surface area (TPSA) is 86.5 Å². The van der Waals surface area contributed by atoms with Crippen LogP contribution in [0.15, 0.2) is 18.5 Å². The number of hydrogen-bond acceptors (Lipinski definition) is 5. The van der Waals surface area contributed by atoms with E-state index in [0.717, 1.165) is 24.8 Å². The van der Waals surface area contributed by atoms with Crippen LogP contribution >= 0.6 is 0 Å². The Hall–Kier alpha value is -1.82. The minimum Gasteiger partial charge on any atom is -0.444 e. The number of nitrogen functional groups attached to an aromatic ring is 1. The fourth-order valence-corrected chi connectivity index (χ4v) is 3.79. The third-order valence-corrected chi connectivity index (χ3v) is 4.76. The molecular formula is C18H27N3O3. The summed E-state index contributed by atoms with van der Waals surface area (Å²) in [7, 11) is 0. The number of carbonyl (C=O) groups is 1. The van der Waals surface area contributed by atoms with Gasteiger partial charge < -0.3 is 20.5 Å². The van der Waals surface area contributed by atoms with E-state index in [4.69, 9.17) is 15.2 Å². The van der Waals surface area contributed by atoms with E-state index in [1.807, 2.05) is 26.8 Å². The van der Waals surface area contributed by atoms with Gasteiger partial charge in [-0.3, -0.25) is 4.98 Å². The van der Waals surface area contributed by atoms with Crippen molar-refractivity contribution in [1.82, 2.24) is 10.3 Å². The van der Waals surface area contributed by atoms with Crippen molar-refractivity contribution >= 4 is 11.8 Å². The summed E-state index contributed by atoms with van der Waals surface area (Å²) in [6.07, 6.45) is 6.99. The van der Waals surface area contributed by atoms with Crippen molar-refractivity contribution in [2.45, 2.75) is 70.3 Å². The van der Waals surface area contributed by atoms with Gasteiger partial charge in [0.25, 0.3) is 0 Å². The summed E-state index contributed by atoms with van der Waals surface area (Å²) in [5.74, 6) is 0.344. The van der Waals surface area contributed by atoms with Crippen LogP contribution in [0.1, 0.15) is 58.1 Å². The molecule has 1 aromatic rings. The number of aromatic nitrogens is 1. The minimum absolute atomic E-state index is 0.0404. The first-order valence-electron chi connectivity index (χ1n) is 8.68. The molecule has 6 heteroatoms. The van der Waals surface area contributed by atoms with Crippen LogP contribution in [0, 0.1) is 5.92 Å². The number of nitrogens with zero attached hydrogens (tertiary/aromatic N) is 1. The minimum atomic E-state index is -0.501. The molecule has 2 heterocycles. The lowest BCUT2D eigenvalue weighted by molar-refractivity contribution is -0.0860. The van der Waals surface area contributed by atoms with E-state index in [2.05, 4.69) is 10.3 Å². The van der Waals surface area contributed by atoms with E-state index in [1.165, 1.54) is 0 Å². The van der Waals surface area contributed by atoms with E-state index in [9.17, 15) is 4.79 Å². The van der Waals surface area contributed by atoms with Gasteiger partial charge in [0.2, 0.25) is 0 Å². The van der Waals surface area contributed by atoms with Crippen molar-refractivity contribution in [2.75, 3.05) is 5.73 Å². The van der Waals surface area contributed by atoms with Crippen LogP contribution in [-0.4, -0.2) is 28.8 Å². The largest absolute Gasteiger partial charge is 0.444 e. The summed E-state index contributed by atoms with van der Waals surface area (Å²) < 4.78 is 11.7. The molecule has 3 N–H and O–H groups in total. The van der Waals surface area contributed by atoms with Crippen molar-refractivity contribution in [3.63, 3.8) is 0 Å². The summed E-state index contributed by atoms with van der Waals surface area (Å²) in [4.78, 5) is 16.3. The van der Waals surface area contributed by atoms with E-state index in [-0.39, 0.29) is 24.3 Å². The van der Waals surface area contributed by atoms with Crippen molar-refractivity contribution in [1.29, 1.82) is 0 Å². The Balaban J connectivity index is 1.75. The standard InChI is InChI=1S/C18H27N3O3/c1-18(2,3)24-17(22)21-14-9-16(11-7-8-20-10-13(11)19)23-15-6-4-5-12(14)15/h7-8,10,12,14-16H,4-6,9,19H2,1-3H3,(H,21,22). The smallest absolute Gasteiger partial charge is 0.407 e. The third-order valence-electron chi connectivity index (χ3n) is 4.76. The lowest BCUT2D eigenvalue weighted by Gasteiger charge is -2.39. The zero-order chi connectivity index (χ0) is 17.3. The Bertz CT molecular complexity index is 599. The normalized spacial score (nSPS) is 29.8. The molecule has 4 atom stereocenters. The van der Waals surface area contributed by atoms with Gasteiger partial charge in [-0.2, -0.15) is 0 Å². The van der Waals surface area contributed by atoms with Crippen LogP contribution in [0.3, 0.4) is 0 Å². The van der Waals surface area contributed by atoms with Gasteiger partial charge in [-0.05, 0) is 46.1 Å². The van der Waals surface area contributed by atoms with Gasteiger partial charge in [0.1, 0.15) is 5.60 Å². The van der Waals surface area contributed by atoms with Gasteiger partial charge >= 0.3 is 6.09 Å². The number of rotatable bonds is 2. The number of pyridine rings is 1. The monoisotopic (exact) mass is 333 g/mol. The zero-order valence-corrected chi connectivity index (χ0v) is 14.6. The fraction of sp³-hybridized carbons (Fsp3) is 0.667. The highest BCUT2D eigenvalue weighted by Crippen LogP contribution is 2.43. The van der Waals surface area contributed by atoms with Crippen molar-refractivity contribution in [3.8, 4) is 0 Å². The highest BCUT2D eigenvalue weighted by Gasteiger charge is 2.43. The number of ether oxygens (including phenoxy) is 2. The molecule has 1 aliphatic carbocycles. The Labute approximate surface area is 143 Å². The van der Waals surface area contributed by atoms with Crippen molar-refractivity contribution in [3.05, 3.63) is 24.0 Å². The highest BCUT2D eigenvalue weighted by atomic mass is 16.6. The third kappa shape index (κ3) is 3.80. The molecule has 1 saturated carbocycles. The number of hydrogen-bond donors (Lipinski definition) is 2. The van der Waals surface area contributed by atoms with E-state index < -0.39 is 5.60 Å². The molecule has 1 saturated heterocycles. The quantitative estimate of drug-likeness (QED) is 0.868. The van der Waals surface area contributed by atoms with Crippen molar-refractivity contribution in [2.24, 2.45) is 5.92 Å². The summed E-state index contributed by atoms with van der Waals surface area (Å²) in [5.41, 5.74) is 7.15. The van der Waals surface area contributed by atoms with E-state index in [1.54, 1.807) is 12.4 Å². The van der Waals surface area contributed by atoms with Gasteiger partial charge in [0.15, 0.2) is 0 Å². The summed E-state index contributed by atoms with van der Waals surface area (Å²) >= 11 is 0. The first kappa shape index (κ1) is 17.0. The first-order chi connectivity index (χ1) is 11.3. The van der Waals surface area contributed by atoms with Crippen LogP contribution in [0.25, 0.3) is 0 Å². The maximum Gasteiger partial charge on any atom is 0.407 e. The van der Waals surface area contributed by atoms with Crippen molar-refractivity contribution < 1.29 is 14.3 Å². The molecule has 4 unspecified atom stereocenters. The Kier molecular flexibility index (Phi) is 4.67. The summed E-state index contributed by atoms with van der Waals surface area (Å²) in [5, 5.41) is 3.07. The summed E-state index contributed by atoms with van der Waals surface area (Å²) in [6, 6.07) is 1.94. The predicted octanol–water partition coefficient (Wildman–Crippen LogP) is 3.19. The molecular weight excluding hydrogens is 306 g/mol. The number of amides is 1. The summed E-state index contributed by atoms with van der Waals surface area (Å²) in [6.45, 7) is 5.61. The van der Waals surface area contributed by atoms with Gasteiger partial charge in [0.05, 0.1) is 24.1 Å². The molecule has 2 aliphatic rings. The molecule has 0 radical (unpaired) electrons. The van der Waals surface area contributed by atoms with Gasteiger partial charge in [-0.25, -0.2) is 4.79 Å². The number of fused-ring (bicyclic) bond motifs is 1. The lowest BCUT2D eigenvalue weighted by Crippen LogP contribution is -2.49.